The maximum Gasteiger partial charge on any atom is 0.224 e. The van der Waals surface area contributed by atoms with Gasteiger partial charge < -0.3 is 16.0 Å². The molecule has 1 saturated heterocycles. The molecule has 88 valence electrons. The Bertz CT molecular complexity index is 230. The van der Waals surface area contributed by atoms with E-state index in [1.165, 1.54) is 0 Å². The Hall–Kier alpha value is -0.610. The molecule has 1 aliphatic heterocycles. The molecule has 1 fully saturated rings. The Balaban J connectivity index is 2.28. The van der Waals surface area contributed by atoms with Crippen LogP contribution in [0.4, 0.5) is 0 Å². The van der Waals surface area contributed by atoms with Crippen LogP contribution in [-0.4, -0.2) is 43.0 Å². The number of carbonyl (C=O) groups is 1. The van der Waals surface area contributed by atoms with Gasteiger partial charge in [0, 0.05) is 25.7 Å². The molecular weight excluding hydrogens is 190 g/mol. The number of hydrogen-bond donors (Lipinski definition) is 2. The standard InChI is InChI=1S/C11H23N3O/c1-9(2)13-5-7-14-6-4-11(3,8-14)10(12)15/h9,13H,4-8H2,1-3H3,(H2,12,15). The van der Waals surface area contributed by atoms with Crippen molar-refractivity contribution in [3.8, 4) is 0 Å². The zero-order valence-electron chi connectivity index (χ0n) is 10.0. The fourth-order valence-corrected chi connectivity index (χ4v) is 1.96. The second kappa shape index (κ2) is 4.94. The molecule has 0 aromatic heterocycles. The van der Waals surface area contributed by atoms with E-state index in [1.54, 1.807) is 0 Å². The summed E-state index contributed by atoms with van der Waals surface area (Å²) in [5, 5.41) is 3.37. The van der Waals surface area contributed by atoms with E-state index in [9.17, 15) is 4.79 Å². The van der Waals surface area contributed by atoms with Crippen molar-refractivity contribution in [2.45, 2.75) is 33.2 Å². The van der Waals surface area contributed by atoms with Gasteiger partial charge in [-0.25, -0.2) is 0 Å². The summed E-state index contributed by atoms with van der Waals surface area (Å²) in [6, 6.07) is 0.523. The fourth-order valence-electron chi connectivity index (χ4n) is 1.96. The topological polar surface area (TPSA) is 58.4 Å². The van der Waals surface area contributed by atoms with Gasteiger partial charge in [0.25, 0.3) is 0 Å². The van der Waals surface area contributed by atoms with Gasteiger partial charge in [0.15, 0.2) is 0 Å². The fraction of sp³-hybridized carbons (Fsp3) is 0.909. The van der Waals surface area contributed by atoms with Crippen LogP contribution in [0.2, 0.25) is 0 Å². The van der Waals surface area contributed by atoms with E-state index in [2.05, 4.69) is 24.1 Å². The Morgan fingerprint density at radius 1 is 1.60 bits per heavy atom. The number of hydrogen-bond acceptors (Lipinski definition) is 3. The van der Waals surface area contributed by atoms with Gasteiger partial charge in [0.1, 0.15) is 0 Å². The highest BCUT2D eigenvalue weighted by Gasteiger charge is 2.38. The van der Waals surface area contributed by atoms with E-state index in [1.807, 2.05) is 6.92 Å². The molecule has 4 heteroatoms. The second-order valence-electron chi connectivity index (χ2n) is 5.06. The Morgan fingerprint density at radius 2 is 2.27 bits per heavy atom. The van der Waals surface area contributed by atoms with E-state index in [0.717, 1.165) is 32.6 Å². The lowest BCUT2D eigenvalue weighted by Gasteiger charge is -2.21. The number of nitrogens with two attached hydrogens (primary N) is 1. The normalized spacial score (nSPS) is 27.5. The lowest BCUT2D eigenvalue weighted by Crippen LogP contribution is -2.39. The third-order valence-electron chi connectivity index (χ3n) is 3.13. The van der Waals surface area contributed by atoms with Crippen LogP contribution < -0.4 is 11.1 Å². The molecule has 0 aromatic rings. The molecule has 0 saturated carbocycles. The summed E-state index contributed by atoms with van der Waals surface area (Å²) in [6.07, 6.45) is 0.893. The molecular formula is C11H23N3O. The van der Waals surface area contributed by atoms with E-state index < -0.39 is 0 Å². The highest BCUT2D eigenvalue weighted by atomic mass is 16.1. The van der Waals surface area contributed by atoms with Gasteiger partial charge in [-0.1, -0.05) is 13.8 Å². The molecule has 1 amide bonds. The molecule has 4 nitrogen and oxygen atoms in total. The van der Waals surface area contributed by atoms with Gasteiger partial charge in [-0.15, -0.1) is 0 Å². The van der Waals surface area contributed by atoms with Crippen molar-refractivity contribution < 1.29 is 4.79 Å². The van der Waals surface area contributed by atoms with Gasteiger partial charge >= 0.3 is 0 Å². The lowest BCUT2D eigenvalue weighted by molar-refractivity contribution is -0.126. The van der Waals surface area contributed by atoms with Gasteiger partial charge in [0.05, 0.1) is 5.41 Å². The SMILES string of the molecule is CC(C)NCCN1CCC(C)(C(N)=O)C1. The molecule has 3 N–H and O–H groups in total. The van der Waals surface area contributed by atoms with Crippen LogP contribution in [0.15, 0.2) is 0 Å². The first-order valence-corrected chi connectivity index (χ1v) is 5.70. The summed E-state index contributed by atoms with van der Waals surface area (Å²) < 4.78 is 0. The van der Waals surface area contributed by atoms with Crippen LogP contribution in [0.5, 0.6) is 0 Å². The summed E-state index contributed by atoms with van der Waals surface area (Å²) >= 11 is 0. The van der Waals surface area contributed by atoms with Gasteiger partial charge in [0.2, 0.25) is 5.91 Å². The number of amides is 1. The van der Waals surface area contributed by atoms with Crippen molar-refractivity contribution in [3.63, 3.8) is 0 Å². The van der Waals surface area contributed by atoms with E-state index in [0.29, 0.717) is 6.04 Å². The van der Waals surface area contributed by atoms with Crippen LogP contribution >= 0.6 is 0 Å². The summed E-state index contributed by atoms with van der Waals surface area (Å²) in [5.74, 6) is -0.165. The molecule has 0 bridgehead atoms. The molecule has 1 aliphatic rings. The van der Waals surface area contributed by atoms with Gasteiger partial charge in [-0.2, -0.15) is 0 Å². The minimum atomic E-state index is -0.308. The maximum atomic E-state index is 11.2. The third kappa shape index (κ3) is 3.47. The van der Waals surface area contributed by atoms with Crippen LogP contribution in [-0.2, 0) is 4.79 Å². The molecule has 1 atom stereocenters. The van der Waals surface area contributed by atoms with Crippen LogP contribution in [0.3, 0.4) is 0 Å². The van der Waals surface area contributed by atoms with Crippen molar-refractivity contribution in [3.05, 3.63) is 0 Å². The third-order valence-corrected chi connectivity index (χ3v) is 3.13. The van der Waals surface area contributed by atoms with Crippen molar-refractivity contribution in [2.75, 3.05) is 26.2 Å². The largest absolute Gasteiger partial charge is 0.369 e. The first-order chi connectivity index (χ1) is 6.94. The summed E-state index contributed by atoms with van der Waals surface area (Å²) in [5.41, 5.74) is 5.08. The second-order valence-corrected chi connectivity index (χ2v) is 5.06. The maximum absolute atomic E-state index is 11.2. The number of nitrogens with one attached hydrogen (secondary N) is 1. The van der Waals surface area contributed by atoms with Crippen molar-refractivity contribution in [1.29, 1.82) is 0 Å². The number of primary amides is 1. The van der Waals surface area contributed by atoms with E-state index >= 15 is 0 Å². The minimum absolute atomic E-state index is 0.165. The Kier molecular flexibility index (Phi) is 4.11. The molecule has 1 heterocycles. The number of rotatable bonds is 5. The predicted octanol–water partition coefficient (Wildman–Crippen LogP) is 0.182. The first-order valence-electron chi connectivity index (χ1n) is 5.70. The quantitative estimate of drug-likeness (QED) is 0.685. The summed E-state index contributed by atoms with van der Waals surface area (Å²) in [7, 11) is 0. The van der Waals surface area contributed by atoms with E-state index in [-0.39, 0.29) is 11.3 Å². The predicted molar refractivity (Wildman–Crippen MR) is 61.5 cm³/mol. The number of likely N-dealkylation sites (tertiary alicyclic amines) is 1. The molecule has 0 spiro atoms. The highest BCUT2D eigenvalue weighted by Crippen LogP contribution is 2.28. The molecule has 1 rings (SSSR count). The molecule has 15 heavy (non-hydrogen) atoms. The van der Waals surface area contributed by atoms with E-state index in [4.69, 9.17) is 5.73 Å². The Labute approximate surface area is 92.2 Å². The average molecular weight is 213 g/mol. The average Bonchev–Trinajstić information content (AvgIpc) is 2.48. The van der Waals surface area contributed by atoms with Crippen molar-refractivity contribution >= 4 is 5.91 Å². The van der Waals surface area contributed by atoms with Crippen LogP contribution in [0.1, 0.15) is 27.2 Å². The molecule has 0 aromatic carbocycles. The molecule has 0 radical (unpaired) electrons. The first kappa shape index (κ1) is 12.5. The lowest BCUT2D eigenvalue weighted by atomic mass is 9.89. The smallest absolute Gasteiger partial charge is 0.224 e. The monoisotopic (exact) mass is 213 g/mol. The van der Waals surface area contributed by atoms with Crippen molar-refractivity contribution in [1.82, 2.24) is 10.2 Å². The summed E-state index contributed by atoms with van der Waals surface area (Å²) in [4.78, 5) is 13.5. The number of nitrogens with zero attached hydrogens (tertiary/aromatic N) is 1. The van der Waals surface area contributed by atoms with Crippen LogP contribution in [0.25, 0.3) is 0 Å². The number of carbonyl (C=O) groups excluding carboxylic acids is 1. The summed E-state index contributed by atoms with van der Waals surface area (Å²) in [6.45, 7) is 10.0. The zero-order chi connectivity index (χ0) is 11.5. The highest BCUT2D eigenvalue weighted by molar-refractivity contribution is 5.81. The molecule has 0 aliphatic carbocycles. The van der Waals surface area contributed by atoms with Crippen molar-refractivity contribution in [2.24, 2.45) is 11.1 Å². The minimum Gasteiger partial charge on any atom is -0.369 e. The van der Waals surface area contributed by atoms with Gasteiger partial charge in [-0.3, -0.25) is 4.79 Å². The zero-order valence-corrected chi connectivity index (χ0v) is 10.0. The van der Waals surface area contributed by atoms with Crippen LogP contribution in [0, 0.1) is 5.41 Å². The Morgan fingerprint density at radius 3 is 2.73 bits per heavy atom. The molecule has 1 unspecified atom stereocenters. The van der Waals surface area contributed by atoms with Gasteiger partial charge in [-0.05, 0) is 19.9 Å².